The minimum Gasteiger partial charge on any atom is -0.286 e. The van der Waals surface area contributed by atoms with Crippen LogP contribution in [0.25, 0.3) is 0 Å². The van der Waals surface area contributed by atoms with Crippen LogP contribution in [0.3, 0.4) is 0 Å². The molecule has 8 heteroatoms. The van der Waals surface area contributed by atoms with Gasteiger partial charge in [0.2, 0.25) is 0 Å². The molecule has 6 nitrogen and oxygen atoms in total. The van der Waals surface area contributed by atoms with Crippen LogP contribution in [0.1, 0.15) is 13.8 Å². The lowest BCUT2D eigenvalue weighted by Gasteiger charge is -2.13. The quantitative estimate of drug-likeness (QED) is 0.639. The van der Waals surface area contributed by atoms with Crippen LogP contribution in [0.2, 0.25) is 0 Å². The SMILES string of the molecule is CCOP(=O)(OCC)OS(C)(=O)=O. The Morgan fingerprint density at radius 3 is 1.77 bits per heavy atom. The maximum atomic E-state index is 11.4. The third kappa shape index (κ3) is 6.17. The van der Waals surface area contributed by atoms with Gasteiger partial charge in [0.05, 0.1) is 19.5 Å². The van der Waals surface area contributed by atoms with E-state index < -0.39 is 17.9 Å². The van der Waals surface area contributed by atoms with Crippen LogP contribution in [0.4, 0.5) is 0 Å². The molecule has 0 rings (SSSR count). The molecule has 0 saturated carbocycles. The number of hydrogen-bond acceptors (Lipinski definition) is 6. The Kier molecular flexibility index (Phi) is 5.09. The second kappa shape index (κ2) is 5.07. The summed E-state index contributed by atoms with van der Waals surface area (Å²) in [6, 6.07) is 0. The van der Waals surface area contributed by atoms with E-state index in [1.807, 2.05) is 0 Å². The lowest BCUT2D eigenvalue weighted by molar-refractivity contribution is 0.170. The Bertz CT molecular complexity index is 273. The number of phosphoric ester groups is 1. The van der Waals surface area contributed by atoms with Crippen molar-refractivity contribution in [3.63, 3.8) is 0 Å². The van der Waals surface area contributed by atoms with E-state index >= 15 is 0 Å². The summed E-state index contributed by atoms with van der Waals surface area (Å²) in [6.45, 7) is 3.20. The van der Waals surface area contributed by atoms with Crippen molar-refractivity contribution in [2.45, 2.75) is 13.8 Å². The summed E-state index contributed by atoms with van der Waals surface area (Å²) in [4.78, 5) is 0. The predicted octanol–water partition coefficient (Wildman–Crippen LogP) is 1.14. The number of hydrogen-bond donors (Lipinski definition) is 0. The van der Waals surface area contributed by atoms with Gasteiger partial charge in [-0.1, -0.05) is 0 Å². The number of rotatable bonds is 6. The second-order valence-corrected chi connectivity index (χ2v) is 5.48. The normalized spacial score (nSPS) is 13.2. The van der Waals surface area contributed by atoms with Gasteiger partial charge in [-0.3, -0.25) is 9.05 Å². The third-order valence-corrected chi connectivity index (χ3v) is 3.76. The lowest BCUT2D eigenvalue weighted by Crippen LogP contribution is -2.05. The molecule has 0 fully saturated rings. The van der Waals surface area contributed by atoms with E-state index in [9.17, 15) is 13.0 Å². The van der Waals surface area contributed by atoms with Crippen molar-refractivity contribution >= 4 is 17.9 Å². The molecule has 0 aliphatic carbocycles. The first-order valence-corrected chi connectivity index (χ1v) is 6.91. The summed E-state index contributed by atoms with van der Waals surface area (Å²) >= 11 is 0. The molecule has 0 aliphatic rings. The Morgan fingerprint density at radius 1 is 1.15 bits per heavy atom. The molecule has 0 unspecified atom stereocenters. The largest absolute Gasteiger partial charge is 0.489 e. The fourth-order valence-corrected chi connectivity index (χ4v) is 2.94. The van der Waals surface area contributed by atoms with Gasteiger partial charge < -0.3 is 0 Å². The van der Waals surface area contributed by atoms with Gasteiger partial charge in [0.15, 0.2) is 0 Å². The molecule has 0 amide bonds. The van der Waals surface area contributed by atoms with E-state index in [1.54, 1.807) is 13.8 Å². The first kappa shape index (κ1) is 13.1. The molecule has 0 aromatic heterocycles. The summed E-state index contributed by atoms with van der Waals surface area (Å²) in [6.07, 6.45) is 0.775. The molecule has 0 saturated heterocycles. The van der Waals surface area contributed by atoms with Crippen LogP contribution >= 0.6 is 7.82 Å². The first-order valence-electron chi connectivity index (χ1n) is 3.63. The molecular weight excluding hydrogens is 219 g/mol. The van der Waals surface area contributed by atoms with Crippen LogP contribution in [0.5, 0.6) is 0 Å². The maximum Gasteiger partial charge on any atom is 0.489 e. The predicted molar refractivity (Wildman–Crippen MR) is 46.8 cm³/mol. The Morgan fingerprint density at radius 2 is 1.54 bits per heavy atom. The molecule has 0 aromatic rings. The van der Waals surface area contributed by atoms with E-state index in [0.29, 0.717) is 0 Å². The van der Waals surface area contributed by atoms with Crippen molar-refractivity contribution in [3.8, 4) is 0 Å². The molecule has 0 bridgehead atoms. The standard InChI is InChI=1S/C5H13O6PS/c1-4-9-12(6,10-5-2)11-13(3,7)8/h4-5H2,1-3H3. The van der Waals surface area contributed by atoms with Gasteiger partial charge in [-0.05, 0) is 13.8 Å². The number of phosphoric acid groups is 1. The highest BCUT2D eigenvalue weighted by molar-refractivity contribution is 7.90. The molecule has 0 aromatic carbocycles. The molecule has 0 N–H and O–H groups in total. The van der Waals surface area contributed by atoms with Crippen LogP contribution in [0.15, 0.2) is 0 Å². The second-order valence-electron chi connectivity index (χ2n) is 2.06. The highest BCUT2D eigenvalue weighted by Gasteiger charge is 2.30. The third-order valence-electron chi connectivity index (χ3n) is 0.801. The summed E-state index contributed by atoms with van der Waals surface area (Å²) in [7, 11) is -7.77. The Hall–Kier alpha value is 0.0600. The van der Waals surface area contributed by atoms with Gasteiger partial charge in [-0.15, -0.1) is 0 Å². The summed E-state index contributed by atoms with van der Waals surface area (Å²) in [5.74, 6) is 0. The average Bonchev–Trinajstić information content (AvgIpc) is 1.82. The molecule has 0 heterocycles. The van der Waals surface area contributed by atoms with Crippen molar-refractivity contribution in [3.05, 3.63) is 0 Å². The topological polar surface area (TPSA) is 78.9 Å². The maximum absolute atomic E-state index is 11.4. The molecule has 0 aliphatic heterocycles. The Balaban J connectivity index is 4.51. The zero-order valence-corrected chi connectivity index (χ0v) is 9.43. The van der Waals surface area contributed by atoms with E-state index in [1.165, 1.54) is 0 Å². The minimum atomic E-state index is -3.93. The van der Waals surface area contributed by atoms with Gasteiger partial charge in [0.1, 0.15) is 0 Å². The van der Waals surface area contributed by atoms with Gasteiger partial charge in [-0.2, -0.15) is 12.4 Å². The fourth-order valence-electron chi connectivity index (χ4n) is 0.562. The van der Waals surface area contributed by atoms with Gasteiger partial charge >= 0.3 is 7.82 Å². The van der Waals surface area contributed by atoms with Crippen molar-refractivity contribution < 1.29 is 26.0 Å². The summed E-state index contributed by atoms with van der Waals surface area (Å²) in [5, 5.41) is 0. The monoisotopic (exact) mass is 232 g/mol. The Labute approximate surface area is 77.9 Å². The van der Waals surface area contributed by atoms with E-state index in [0.717, 1.165) is 6.26 Å². The van der Waals surface area contributed by atoms with Crippen LogP contribution in [-0.2, 0) is 27.7 Å². The van der Waals surface area contributed by atoms with E-state index in [4.69, 9.17) is 0 Å². The van der Waals surface area contributed by atoms with Crippen LogP contribution in [0, 0.1) is 0 Å². The zero-order chi connectivity index (χ0) is 10.5. The van der Waals surface area contributed by atoms with Gasteiger partial charge in [0.25, 0.3) is 10.1 Å². The van der Waals surface area contributed by atoms with E-state index in [2.05, 4.69) is 13.0 Å². The van der Waals surface area contributed by atoms with E-state index in [-0.39, 0.29) is 13.2 Å². The van der Waals surface area contributed by atoms with Crippen molar-refractivity contribution in [1.82, 2.24) is 0 Å². The van der Waals surface area contributed by atoms with Gasteiger partial charge in [0, 0.05) is 0 Å². The molecule has 13 heavy (non-hydrogen) atoms. The molecule has 0 atom stereocenters. The molecule has 0 spiro atoms. The van der Waals surface area contributed by atoms with Crippen LogP contribution in [-0.4, -0.2) is 27.9 Å². The first-order chi connectivity index (χ1) is 5.83. The lowest BCUT2D eigenvalue weighted by atomic mass is 10.9. The molecular formula is C5H13O6PS. The summed E-state index contributed by atoms with van der Waals surface area (Å²) < 4.78 is 46.0. The fraction of sp³-hybridized carbons (Fsp3) is 1.00. The highest BCUT2D eigenvalue weighted by Crippen LogP contribution is 2.50. The average molecular weight is 232 g/mol. The molecule has 0 radical (unpaired) electrons. The van der Waals surface area contributed by atoms with Gasteiger partial charge in [-0.25, -0.2) is 4.57 Å². The highest BCUT2D eigenvalue weighted by atomic mass is 32.2. The van der Waals surface area contributed by atoms with Crippen molar-refractivity contribution in [2.75, 3.05) is 19.5 Å². The van der Waals surface area contributed by atoms with Crippen molar-refractivity contribution in [1.29, 1.82) is 0 Å². The minimum absolute atomic E-state index is 0.0484. The zero-order valence-electron chi connectivity index (χ0n) is 7.72. The van der Waals surface area contributed by atoms with Crippen molar-refractivity contribution in [2.24, 2.45) is 0 Å². The van der Waals surface area contributed by atoms with Crippen LogP contribution < -0.4 is 0 Å². The molecule has 80 valence electrons. The smallest absolute Gasteiger partial charge is 0.286 e. The summed E-state index contributed by atoms with van der Waals surface area (Å²) in [5.41, 5.74) is 0.